The molecule has 0 aliphatic heterocycles. The SMILES string of the molecule is Cc1cccc(-n2c(O)c(C=NC3CC3)c(=O)[nH]c2=S)c1. The van der Waals surface area contributed by atoms with Crippen molar-refractivity contribution in [3.05, 3.63) is 50.5 Å². The van der Waals surface area contributed by atoms with Gasteiger partial charge in [-0.25, -0.2) is 0 Å². The van der Waals surface area contributed by atoms with Gasteiger partial charge in [-0.05, 0) is 49.7 Å². The van der Waals surface area contributed by atoms with Gasteiger partial charge in [-0.3, -0.25) is 19.3 Å². The van der Waals surface area contributed by atoms with Crippen LogP contribution in [0.15, 0.2) is 34.1 Å². The monoisotopic (exact) mass is 301 g/mol. The molecule has 0 bridgehead atoms. The number of nitrogens with one attached hydrogen (secondary N) is 1. The maximum Gasteiger partial charge on any atom is 0.264 e. The minimum Gasteiger partial charge on any atom is -0.494 e. The zero-order valence-electron chi connectivity index (χ0n) is 11.5. The second-order valence-electron chi connectivity index (χ2n) is 5.18. The molecule has 0 unspecified atom stereocenters. The first-order valence-corrected chi connectivity index (χ1v) is 7.15. The van der Waals surface area contributed by atoms with Crippen LogP contribution in [0.4, 0.5) is 0 Å². The van der Waals surface area contributed by atoms with Crippen molar-refractivity contribution >= 4 is 18.4 Å². The number of aromatic hydroxyl groups is 1. The Kier molecular flexibility index (Phi) is 3.47. The normalized spacial score (nSPS) is 14.7. The van der Waals surface area contributed by atoms with Gasteiger partial charge in [0, 0.05) is 6.21 Å². The van der Waals surface area contributed by atoms with Gasteiger partial charge in [0.15, 0.2) is 4.77 Å². The third kappa shape index (κ3) is 2.80. The Labute approximate surface area is 126 Å². The zero-order chi connectivity index (χ0) is 15.0. The fraction of sp³-hybridized carbons (Fsp3) is 0.267. The van der Waals surface area contributed by atoms with Gasteiger partial charge in [0.2, 0.25) is 5.88 Å². The first-order valence-electron chi connectivity index (χ1n) is 6.75. The lowest BCUT2D eigenvalue weighted by atomic mass is 10.2. The van der Waals surface area contributed by atoms with E-state index in [1.54, 1.807) is 0 Å². The van der Waals surface area contributed by atoms with Crippen LogP contribution in [0, 0.1) is 11.7 Å². The van der Waals surface area contributed by atoms with Crippen molar-refractivity contribution in [2.24, 2.45) is 4.99 Å². The number of nitrogens with zero attached hydrogens (tertiary/aromatic N) is 2. The van der Waals surface area contributed by atoms with Crippen LogP contribution in [0.25, 0.3) is 5.69 Å². The number of aliphatic imine (C=N–C) groups is 1. The van der Waals surface area contributed by atoms with E-state index >= 15 is 0 Å². The quantitative estimate of drug-likeness (QED) is 0.676. The van der Waals surface area contributed by atoms with Crippen molar-refractivity contribution in [1.29, 1.82) is 0 Å². The van der Waals surface area contributed by atoms with Crippen LogP contribution in [-0.4, -0.2) is 26.9 Å². The van der Waals surface area contributed by atoms with Crippen LogP contribution in [0.1, 0.15) is 24.0 Å². The van der Waals surface area contributed by atoms with Gasteiger partial charge >= 0.3 is 0 Å². The van der Waals surface area contributed by atoms with Gasteiger partial charge in [-0.15, -0.1) is 0 Å². The van der Waals surface area contributed by atoms with E-state index in [9.17, 15) is 9.90 Å². The molecule has 1 aromatic carbocycles. The van der Waals surface area contributed by atoms with E-state index in [1.165, 1.54) is 10.8 Å². The maximum absolute atomic E-state index is 12.0. The minimum atomic E-state index is -0.425. The van der Waals surface area contributed by atoms with Crippen LogP contribution in [0.3, 0.4) is 0 Å². The molecule has 1 fully saturated rings. The molecule has 1 aliphatic carbocycles. The summed E-state index contributed by atoms with van der Waals surface area (Å²) >= 11 is 5.16. The zero-order valence-corrected chi connectivity index (χ0v) is 12.4. The predicted octanol–water partition coefficient (Wildman–Crippen LogP) is 2.49. The topological polar surface area (TPSA) is 70.4 Å². The molecule has 21 heavy (non-hydrogen) atoms. The van der Waals surface area contributed by atoms with Crippen molar-refractivity contribution in [3.63, 3.8) is 0 Å². The molecular formula is C15H15N3O2S. The molecule has 0 saturated heterocycles. The maximum atomic E-state index is 12.0. The highest BCUT2D eigenvalue weighted by molar-refractivity contribution is 7.71. The Hall–Kier alpha value is -2.21. The number of hydrogen-bond donors (Lipinski definition) is 2. The molecule has 108 valence electrons. The third-order valence-electron chi connectivity index (χ3n) is 3.34. The minimum absolute atomic E-state index is 0.136. The average molecular weight is 301 g/mol. The molecule has 1 saturated carbocycles. The highest BCUT2D eigenvalue weighted by atomic mass is 32.1. The van der Waals surface area contributed by atoms with Crippen LogP contribution in [0.5, 0.6) is 5.88 Å². The van der Waals surface area contributed by atoms with Gasteiger partial charge in [-0.2, -0.15) is 0 Å². The van der Waals surface area contributed by atoms with Crippen molar-refractivity contribution in [3.8, 4) is 11.6 Å². The van der Waals surface area contributed by atoms with E-state index in [0.29, 0.717) is 5.69 Å². The summed E-state index contributed by atoms with van der Waals surface area (Å²) in [6.45, 7) is 1.95. The molecular weight excluding hydrogens is 286 g/mol. The standard InChI is InChI=1S/C15H15N3O2S/c1-9-3-2-4-11(7-9)18-14(20)12(8-16-10-5-6-10)13(19)17-15(18)21/h2-4,7-8,10,20H,5-6H2,1H3,(H,17,19,21). The highest BCUT2D eigenvalue weighted by Crippen LogP contribution is 2.24. The summed E-state index contributed by atoms with van der Waals surface area (Å²) in [4.78, 5) is 18.8. The molecule has 6 heteroatoms. The molecule has 2 aromatic rings. The summed E-state index contributed by atoms with van der Waals surface area (Å²) in [5.41, 5.74) is 1.45. The summed E-state index contributed by atoms with van der Waals surface area (Å²) in [5, 5.41) is 10.4. The van der Waals surface area contributed by atoms with Gasteiger partial charge in [0.1, 0.15) is 5.56 Å². The van der Waals surface area contributed by atoms with E-state index in [2.05, 4.69) is 9.98 Å². The number of aromatic amines is 1. The molecule has 1 aliphatic rings. The average Bonchev–Trinajstić information content (AvgIpc) is 3.22. The lowest BCUT2D eigenvalue weighted by Crippen LogP contribution is -2.18. The van der Waals surface area contributed by atoms with Crippen LogP contribution in [0.2, 0.25) is 0 Å². The largest absolute Gasteiger partial charge is 0.494 e. The molecule has 5 nitrogen and oxygen atoms in total. The van der Waals surface area contributed by atoms with Gasteiger partial charge in [0.05, 0.1) is 11.7 Å². The Morgan fingerprint density at radius 3 is 2.90 bits per heavy atom. The number of H-pyrrole nitrogens is 1. The molecule has 0 spiro atoms. The van der Waals surface area contributed by atoms with Gasteiger partial charge in [-0.1, -0.05) is 12.1 Å². The Morgan fingerprint density at radius 2 is 2.24 bits per heavy atom. The number of benzene rings is 1. The summed E-state index contributed by atoms with van der Waals surface area (Å²) in [6.07, 6.45) is 3.51. The third-order valence-corrected chi connectivity index (χ3v) is 3.63. The number of hydrogen-bond acceptors (Lipinski definition) is 4. The second kappa shape index (κ2) is 5.29. The molecule has 0 amide bonds. The summed E-state index contributed by atoms with van der Waals surface area (Å²) in [5.74, 6) is -0.182. The highest BCUT2D eigenvalue weighted by Gasteiger charge is 2.20. The van der Waals surface area contributed by atoms with Crippen molar-refractivity contribution in [2.75, 3.05) is 0 Å². The smallest absolute Gasteiger partial charge is 0.264 e. The lowest BCUT2D eigenvalue weighted by Gasteiger charge is -2.11. The number of aryl methyl sites for hydroxylation is 1. The van der Waals surface area contributed by atoms with Gasteiger partial charge in [0.25, 0.3) is 5.56 Å². The Morgan fingerprint density at radius 1 is 1.48 bits per heavy atom. The van der Waals surface area contributed by atoms with Crippen molar-refractivity contribution in [2.45, 2.75) is 25.8 Å². The van der Waals surface area contributed by atoms with E-state index in [1.807, 2.05) is 31.2 Å². The van der Waals surface area contributed by atoms with E-state index < -0.39 is 5.56 Å². The summed E-state index contributed by atoms with van der Waals surface area (Å²) in [6, 6.07) is 7.80. The Balaban J connectivity index is 2.18. The molecule has 1 heterocycles. The van der Waals surface area contributed by atoms with Crippen molar-refractivity contribution in [1.82, 2.24) is 9.55 Å². The van der Waals surface area contributed by atoms with Crippen LogP contribution < -0.4 is 5.56 Å². The second-order valence-corrected chi connectivity index (χ2v) is 5.57. The van der Waals surface area contributed by atoms with E-state index in [-0.39, 0.29) is 22.3 Å². The molecule has 1 aromatic heterocycles. The fourth-order valence-electron chi connectivity index (χ4n) is 2.07. The first-order chi connectivity index (χ1) is 10.1. The predicted molar refractivity (Wildman–Crippen MR) is 84.2 cm³/mol. The first kappa shape index (κ1) is 13.8. The van der Waals surface area contributed by atoms with Gasteiger partial charge < -0.3 is 5.11 Å². The number of aromatic nitrogens is 2. The molecule has 0 radical (unpaired) electrons. The lowest BCUT2D eigenvalue weighted by molar-refractivity contribution is 0.432. The fourth-order valence-corrected chi connectivity index (χ4v) is 2.35. The van der Waals surface area contributed by atoms with E-state index in [0.717, 1.165) is 18.4 Å². The van der Waals surface area contributed by atoms with Crippen LogP contribution in [-0.2, 0) is 0 Å². The van der Waals surface area contributed by atoms with Crippen LogP contribution >= 0.6 is 12.2 Å². The number of rotatable bonds is 3. The molecule has 0 atom stereocenters. The summed E-state index contributed by atoms with van der Waals surface area (Å²) in [7, 11) is 0. The molecule has 3 rings (SSSR count). The molecule has 2 N–H and O–H groups in total. The Bertz CT molecular complexity index is 832. The summed E-state index contributed by atoms with van der Waals surface area (Å²) < 4.78 is 1.60. The van der Waals surface area contributed by atoms with E-state index in [4.69, 9.17) is 12.2 Å². The van der Waals surface area contributed by atoms with Crippen molar-refractivity contribution < 1.29 is 5.11 Å².